The van der Waals surface area contributed by atoms with Crippen molar-refractivity contribution in [2.24, 2.45) is 5.92 Å². The van der Waals surface area contributed by atoms with Crippen molar-refractivity contribution in [1.29, 1.82) is 0 Å². The average molecular weight is 143 g/mol. The fourth-order valence-corrected chi connectivity index (χ4v) is 1.43. The Morgan fingerprint density at radius 3 is 1.60 bits per heavy atom. The second-order valence-electron chi connectivity index (χ2n) is 3.30. The van der Waals surface area contributed by atoms with E-state index in [0.29, 0.717) is 5.92 Å². The molecule has 0 spiro atoms. The van der Waals surface area contributed by atoms with Crippen molar-refractivity contribution < 1.29 is 4.58 Å². The third kappa shape index (κ3) is 2.38. The zero-order valence-electron chi connectivity index (χ0n) is 7.97. The van der Waals surface area contributed by atoms with Crippen molar-refractivity contribution >= 4 is 5.84 Å². The van der Waals surface area contributed by atoms with Crippen molar-refractivity contribution in [2.75, 3.05) is 28.2 Å². The Morgan fingerprint density at radius 1 is 1.20 bits per heavy atom. The van der Waals surface area contributed by atoms with Gasteiger partial charge in [-0.15, -0.1) is 0 Å². The third-order valence-electron chi connectivity index (χ3n) is 1.43. The highest BCUT2D eigenvalue weighted by Gasteiger charge is 2.14. The Balaban J connectivity index is 4.44. The van der Waals surface area contributed by atoms with E-state index in [2.05, 4.69) is 51.5 Å². The molecule has 0 aliphatic carbocycles. The van der Waals surface area contributed by atoms with E-state index in [1.807, 2.05) is 0 Å². The van der Waals surface area contributed by atoms with E-state index in [0.717, 1.165) is 0 Å². The van der Waals surface area contributed by atoms with Gasteiger partial charge in [-0.1, -0.05) is 13.8 Å². The van der Waals surface area contributed by atoms with Crippen LogP contribution in [0.2, 0.25) is 0 Å². The molecule has 10 heavy (non-hydrogen) atoms. The predicted octanol–water partition coefficient (Wildman–Crippen LogP) is 0.875. The number of amidine groups is 1. The smallest absolute Gasteiger partial charge is 0.248 e. The van der Waals surface area contributed by atoms with Gasteiger partial charge in [0.05, 0.1) is 34.1 Å². The molecule has 2 nitrogen and oxygen atoms in total. The molecule has 0 rings (SSSR count). The largest absolute Gasteiger partial charge is 0.271 e. The number of rotatable bonds is 1. The van der Waals surface area contributed by atoms with Crippen molar-refractivity contribution in [3.8, 4) is 0 Å². The van der Waals surface area contributed by atoms with Crippen LogP contribution in [0.15, 0.2) is 0 Å². The number of nitrogens with zero attached hydrogens (tertiary/aromatic N) is 2. The molecule has 0 aromatic heterocycles. The van der Waals surface area contributed by atoms with Gasteiger partial charge in [0, 0.05) is 0 Å². The molecular weight excluding hydrogens is 124 g/mol. The van der Waals surface area contributed by atoms with Crippen LogP contribution in [-0.2, 0) is 0 Å². The summed E-state index contributed by atoms with van der Waals surface area (Å²) in [6.07, 6.45) is 0. The molecule has 0 amide bonds. The van der Waals surface area contributed by atoms with Crippen molar-refractivity contribution in [3.63, 3.8) is 0 Å². The zero-order chi connectivity index (χ0) is 8.31. The summed E-state index contributed by atoms with van der Waals surface area (Å²) in [5.74, 6) is 1.96. The lowest BCUT2D eigenvalue weighted by molar-refractivity contribution is -0.472. The molecular formula is C8H19N2+. The van der Waals surface area contributed by atoms with Crippen LogP contribution >= 0.6 is 0 Å². The second-order valence-corrected chi connectivity index (χ2v) is 3.30. The Hall–Kier alpha value is -0.530. The minimum atomic E-state index is 0.602. The first-order valence-electron chi connectivity index (χ1n) is 3.68. The van der Waals surface area contributed by atoms with Crippen LogP contribution in [0.3, 0.4) is 0 Å². The molecule has 0 unspecified atom stereocenters. The SMILES string of the molecule is CC(C)C(N(C)C)=[N+](C)C. The second kappa shape index (κ2) is 3.59. The molecule has 0 saturated heterocycles. The van der Waals surface area contributed by atoms with Crippen LogP contribution in [0.1, 0.15) is 13.8 Å². The molecule has 0 aromatic carbocycles. The third-order valence-corrected chi connectivity index (χ3v) is 1.43. The maximum absolute atomic E-state index is 2.20. The predicted molar refractivity (Wildman–Crippen MR) is 45.6 cm³/mol. The van der Waals surface area contributed by atoms with Crippen LogP contribution in [0, 0.1) is 5.92 Å². The Labute approximate surface area is 64.2 Å². The van der Waals surface area contributed by atoms with E-state index < -0.39 is 0 Å². The maximum atomic E-state index is 2.20. The number of hydrogen-bond donors (Lipinski definition) is 0. The first kappa shape index (κ1) is 9.47. The van der Waals surface area contributed by atoms with Gasteiger partial charge in [0.2, 0.25) is 5.84 Å². The van der Waals surface area contributed by atoms with Crippen molar-refractivity contribution in [2.45, 2.75) is 13.8 Å². The summed E-state index contributed by atoms with van der Waals surface area (Å²) in [5.41, 5.74) is 0. The molecule has 0 heterocycles. The first-order valence-corrected chi connectivity index (χ1v) is 3.68. The van der Waals surface area contributed by atoms with E-state index >= 15 is 0 Å². The average Bonchev–Trinajstić information content (AvgIpc) is 1.59. The quantitative estimate of drug-likeness (QED) is 0.300. The zero-order valence-corrected chi connectivity index (χ0v) is 7.97. The monoisotopic (exact) mass is 143 g/mol. The van der Waals surface area contributed by atoms with Crippen LogP contribution < -0.4 is 0 Å². The highest BCUT2D eigenvalue weighted by Crippen LogP contribution is 1.97. The van der Waals surface area contributed by atoms with Crippen LogP contribution in [0.5, 0.6) is 0 Å². The van der Waals surface area contributed by atoms with Gasteiger partial charge in [0.15, 0.2) is 0 Å². The summed E-state index contributed by atoms with van der Waals surface area (Å²) in [7, 11) is 8.31. The van der Waals surface area contributed by atoms with E-state index in [1.54, 1.807) is 0 Å². The molecule has 60 valence electrons. The fraction of sp³-hybridized carbons (Fsp3) is 0.875. The molecule has 0 saturated carbocycles. The lowest BCUT2D eigenvalue weighted by Gasteiger charge is -2.13. The molecule has 2 heteroatoms. The van der Waals surface area contributed by atoms with Gasteiger partial charge < -0.3 is 0 Å². The van der Waals surface area contributed by atoms with Gasteiger partial charge in [-0.2, -0.15) is 0 Å². The van der Waals surface area contributed by atoms with Crippen LogP contribution in [-0.4, -0.2) is 43.5 Å². The molecule has 0 bridgehead atoms. The van der Waals surface area contributed by atoms with Crippen LogP contribution in [0.4, 0.5) is 0 Å². The van der Waals surface area contributed by atoms with Gasteiger partial charge in [-0.3, -0.25) is 9.48 Å². The Bertz CT molecular complexity index is 120. The van der Waals surface area contributed by atoms with Gasteiger partial charge in [0.25, 0.3) is 0 Å². The number of hydrogen-bond acceptors (Lipinski definition) is 0. The molecule has 0 fully saturated rings. The lowest BCUT2D eigenvalue weighted by Crippen LogP contribution is -2.33. The highest BCUT2D eigenvalue weighted by atomic mass is 15.2. The maximum Gasteiger partial charge on any atom is 0.248 e. The molecule has 0 aromatic rings. The van der Waals surface area contributed by atoms with E-state index in [4.69, 9.17) is 0 Å². The fourth-order valence-electron chi connectivity index (χ4n) is 1.43. The van der Waals surface area contributed by atoms with E-state index in [9.17, 15) is 0 Å². The summed E-state index contributed by atoms with van der Waals surface area (Å²) in [6, 6.07) is 0. The van der Waals surface area contributed by atoms with Gasteiger partial charge in [0.1, 0.15) is 0 Å². The Kier molecular flexibility index (Phi) is 3.40. The van der Waals surface area contributed by atoms with E-state index in [1.165, 1.54) is 5.84 Å². The van der Waals surface area contributed by atoms with Gasteiger partial charge in [-0.25, -0.2) is 0 Å². The molecule has 0 atom stereocenters. The molecule has 0 aliphatic heterocycles. The summed E-state index contributed by atoms with van der Waals surface area (Å²) in [4.78, 5) is 2.16. The normalized spacial score (nSPS) is 9.90. The van der Waals surface area contributed by atoms with E-state index in [-0.39, 0.29) is 0 Å². The van der Waals surface area contributed by atoms with Gasteiger partial charge >= 0.3 is 0 Å². The topological polar surface area (TPSA) is 6.25 Å². The minimum Gasteiger partial charge on any atom is -0.271 e. The standard InChI is InChI=1S/C8H19N2/c1-7(2)8(9(3)4)10(5)6/h7H,1-6H3/q+1. The van der Waals surface area contributed by atoms with Gasteiger partial charge in [-0.05, 0) is 0 Å². The first-order chi connectivity index (χ1) is 4.46. The molecule has 0 radical (unpaired) electrons. The minimum absolute atomic E-state index is 0.602. The molecule has 0 aliphatic rings. The summed E-state index contributed by atoms with van der Waals surface area (Å²) < 4.78 is 2.16. The van der Waals surface area contributed by atoms with Crippen LogP contribution in [0.25, 0.3) is 0 Å². The molecule has 0 N–H and O–H groups in total. The summed E-state index contributed by atoms with van der Waals surface area (Å²) in [5, 5.41) is 0. The summed E-state index contributed by atoms with van der Waals surface area (Å²) >= 11 is 0. The van der Waals surface area contributed by atoms with Crippen molar-refractivity contribution in [1.82, 2.24) is 4.90 Å². The van der Waals surface area contributed by atoms with Crippen molar-refractivity contribution in [3.05, 3.63) is 0 Å². The Morgan fingerprint density at radius 2 is 1.60 bits per heavy atom. The summed E-state index contributed by atoms with van der Waals surface area (Å²) in [6.45, 7) is 4.41. The highest BCUT2D eigenvalue weighted by molar-refractivity contribution is 5.78. The lowest BCUT2D eigenvalue weighted by atomic mass is 10.2.